The number of methoxy groups -OCH3 is 1. The monoisotopic (exact) mass is 241 g/mol. The molecule has 0 aliphatic heterocycles. The number of nitrogens with two attached hydrogens (primary N) is 1. The van der Waals surface area contributed by atoms with Crippen LogP contribution in [0.1, 0.15) is 5.69 Å². The third-order valence-electron chi connectivity index (χ3n) is 2.11. The van der Waals surface area contributed by atoms with Crippen molar-refractivity contribution in [3.05, 3.63) is 11.9 Å². The van der Waals surface area contributed by atoms with Crippen molar-refractivity contribution in [2.24, 2.45) is 5.73 Å². The molecule has 2 N–H and O–H groups in total. The first-order valence-electron chi connectivity index (χ1n) is 4.96. The minimum atomic E-state index is -0.470. The topological polar surface area (TPSA) is 103 Å². The van der Waals surface area contributed by atoms with E-state index in [-0.39, 0.29) is 25.5 Å². The van der Waals surface area contributed by atoms with E-state index in [2.05, 4.69) is 15.0 Å². The molecule has 1 heterocycles. The first-order valence-corrected chi connectivity index (χ1v) is 4.96. The molecule has 1 aromatic rings. The van der Waals surface area contributed by atoms with Crippen LogP contribution in [0.25, 0.3) is 0 Å². The summed E-state index contributed by atoms with van der Waals surface area (Å²) in [5.74, 6) is -0.731. The number of carbonyl (C=O) groups excluding carboxylic acids is 2. The third-order valence-corrected chi connectivity index (χ3v) is 2.11. The smallest absolute Gasteiger partial charge is 0.325 e. The summed E-state index contributed by atoms with van der Waals surface area (Å²) >= 11 is 0. The third kappa shape index (κ3) is 3.83. The maximum atomic E-state index is 11.7. The van der Waals surface area contributed by atoms with Crippen molar-refractivity contribution in [2.45, 2.75) is 13.1 Å². The van der Waals surface area contributed by atoms with Gasteiger partial charge in [-0.25, -0.2) is 4.68 Å². The van der Waals surface area contributed by atoms with E-state index in [0.717, 1.165) is 0 Å². The quantitative estimate of drug-likeness (QED) is 0.621. The lowest BCUT2D eigenvalue weighted by Crippen LogP contribution is -2.35. The van der Waals surface area contributed by atoms with Crippen LogP contribution < -0.4 is 5.73 Å². The molecule has 1 amide bonds. The average Bonchev–Trinajstić information content (AvgIpc) is 2.76. The van der Waals surface area contributed by atoms with Gasteiger partial charge in [-0.3, -0.25) is 9.59 Å². The van der Waals surface area contributed by atoms with E-state index in [9.17, 15) is 9.59 Å². The number of carbonyl (C=O) groups is 2. The summed E-state index contributed by atoms with van der Waals surface area (Å²) in [6.45, 7) is 0.195. The van der Waals surface area contributed by atoms with Crippen molar-refractivity contribution in [3.8, 4) is 0 Å². The van der Waals surface area contributed by atoms with Crippen molar-refractivity contribution < 1.29 is 14.3 Å². The van der Waals surface area contributed by atoms with E-state index in [0.29, 0.717) is 5.69 Å². The number of ether oxygens (including phenoxy) is 1. The number of esters is 1. The standard InChI is InChI=1S/C9H15N5O3/c1-13(6-9(16)17-2)8(15)5-14-4-7(3-10)11-12-14/h4H,3,5-6,10H2,1-2H3. The summed E-state index contributed by atoms with van der Waals surface area (Å²) in [5, 5.41) is 7.48. The molecule has 8 nitrogen and oxygen atoms in total. The summed E-state index contributed by atoms with van der Waals surface area (Å²) in [4.78, 5) is 23.9. The second-order valence-corrected chi connectivity index (χ2v) is 3.44. The van der Waals surface area contributed by atoms with Gasteiger partial charge in [-0.05, 0) is 0 Å². The van der Waals surface area contributed by atoms with E-state index in [4.69, 9.17) is 5.73 Å². The first-order chi connectivity index (χ1) is 8.06. The predicted octanol–water partition coefficient (Wildman–Crippen LogP) is -1.63. The van der Waals surface area contributed by atoms with Gasteiger partial charge in [0.05, 0.1) is 19.0 Å². The highest BCUT2D eigenvalue weighted by Crippen LogP contribution is 1.94. The predicted molar refractivity (Wildman–Crippen MR) is 57.6 cm³/mol. The highest BCUT2D eigenvalue weighted by Gasteiger charge is 2.14. The normalized spacial score (nSPS) is 10.1. The van der Waals surface area contributed by atoms with Gasteiger partial charge in [0.2, 0.25) is 5.91 Å². The summed E-state index contributed by atoms with van der Waals surface area (Å²) in [7, 11) is 2.78. The van der Waals surface area contributed by atoms with Gasteiger partial charge in [0, 0.05) is 13.6 Å². The zero-order valence-electron chi connectivity index (χ0n) is 9.79. The summed E-state index contributed by atoms with van der Waals surface area (Å²) in [5.41, 5.74) is 5.97. The molecule has 17 heavy (non-hydrogen) atoms. The molecule has 0 aliphatic rings. The Balaban J connectivity index is 2.50. The van der Waals surface area contributed by atoms with Crippen molar-refractivity contribution in [2.75, 3.05) is 20.7 Å². The van der Waals surface area contributed by atoms with Crippen LogP contribution in [-0.2, 0) is 27.4 Å². The van der Waals surface area contributed by atoms with Gasteiger partial charge in [-0.1, -0.05) is 5.21 Å². The van der Waals surface area contributed by atoms with E-state index >= 15 is 0 Å². The Bertz CT molecular complexity index is 403. The van der Waals surface area contributed by atoms with Gasteiger partial charge in [-0.2, -0.15) is 0 Å². The van der Waals surface area contributed by atoms with Crippen LogP contribution in [-0.4, -0.2) is 52.5 Å². The van der Waals surface area contributed by atoms with Crippen molar-refractivity contribution in [3.63, 3.8) is 0 Å². The Labute approximate surface area is 98.3 Å². The maximum Gasteiger partial charge on any atom is 0.325 e. The van der Waals surface area contributed by atoms with E-state index in [1.165, 1.54) is 23.7 Å². The van der Waals surface area contributed by atoms with Crippen LogP contribution in [0.15, 0.2) is 6.20 Å². The number of aromatic nitrogens is 3. The molecule has 0 spiro atoms. The fraction of sp³-hybridized carbons (Fsp3) is 0.556. The summed E-state index contributed by atoms with van der Waals surface area (Å²) in [6, 6.07) is 0. The summed E-state index contributed by atoms with van der Waals surface area (Å²) < 4.78 is 5.83. The van der Waals surface area contributed by atoms with Gasteiger partial charge in [0.1, 0.15) is 13.1 Å². The number of rotatable bonds is 5. The SMILES string of the molecule is COC(=O)CN(C)C(=O)Cn1cc(CN)nn1. The van der Waals surface area contributed by atoms with Crippen LogP contribution in [0.3, 0.4) is 0 Å². The van der Waals surface area contributed by atoms with Crippen LogP contribution in [0.4, 0.5) is 0 Å². The Morgan fingerprint density at radius 1 is 1.59 bits per heavy atom. The minimum absolute atomic E-state index is 0.0144. The zero-order chi connectivity index (χ0) is 12.8. The number of hydrogen-bond acceptors (Lipinski definition) is 6. The zero-order valence-corrected chi connectivity index (χ0v) is 9.79. The first kappa shape index (κ1) is 13.1. The Hall–Kier alpha value is -1.96. The lowest BCUT2D eigenvalue weighted by molar-refractivity contribution is -0.146. The largest absolute Gasteiger partial charge is 0.468 e. The Morgan fingerprint density at radius 2 is 2.29 bits per heavy atom. The van der Waals surface area contributed by atoms with Gasteiger partial charge in [-0.15, -0.1) is 5.10 Å². The number of amides is 1. The van der Waals surface area contributed by atoms with E-state index in [1.54, 1.807) is 6.20 Å². The molecule has 0 saturated heterocycles. The van der Waals surface area contributed by atoms with Gasteiger partial charge in [0.15, 0.2) is 0 Å². The fourth-order valence-electron chi connectivity index (χ4n) is 1.12. The second kappa shape index (κ2) is 5.94. The molecular weight excluding hydrogens is 226 g/mol. The molecule has 0 radical (unpaired) electrons. The molecule has 0 bridgehead atoms. The molecule has 8 heteroatoms. The molecule has 0 atom stereocenters. The highest BCUT2D eigenvalue weighted by atomic mass is 16.5. The lowest BCUT2D eigenvalue weighted by Gasteiger charge is -2.14. The molecule has 1 rings (SSSR count). The van der Waals surface area contributed by atoms with Gasteiger partial charge >= 0.3 is 5.97 Å². The molecule has 0 aliphatic carbocycles. The van der Waals surface area contributed by atoms with Gasteiger partial charge < -0.3 is 15.4 Å². The number of nitrogens with zero attached hydrogens (tertiary/aromatic N) is 4. The number of hydrogen-bond donors (Lipinski definition) is 1. The van der Waals surface area contributed by atoms with Gasteiger partial charge in [0.25, 0.3) is 0 Å². The lowest BCUT2D eigenvalue weighted by atomic mass is 10.4. The van der Waals surface area contributed by atoms with Crippen LogP contribution >= 0.6 is 0 Å². The van der Waals surface area contributed by atoms with Crippen LogP contribution in [0.5, 0.6) is 0 Å². The van der Waals surface area contributed by atoms with Crippen LogP contribution in [0.2, 0.25) is 0 Å². The molecule has 0 aromatic carbocycles. The second-order valence-electron chi connectivity index (χ2n) is 3.44. The minimum Gasteiger partial charge on any atom is -0.468 e. The van der Waals surface area contributed by atoms with E-state index < -0.39 is 5.97 Å². The average molecular weight is 241 g/mol. The molecule has 0 unspecified atom stereocenters. The highest BCUT2D eigenvalue weighted by molar-refractivity contribution is 5.81. The van der Waals surface area contributed by atoms with E-state index in [1.807, 2.05) is 0 Å². The molecule has 0 saturated carbocycles. The maximum absolute atomic E-state index is 11.7. The van der Waals surface area contributed by atoms with Crippen LogP contribution in [0, 0.1) is 0 Å². The van der Waals surface area contributed by atoms with Crippen molar-refractivity contribution in [1.82, 2.24) is 19.9 Å². The molecule has 0 fully saturated rings. The summed E-state index contributed by atoms with van der Waals surface area (Å²) in [6.07, 6.45) is 1.59. The number of likely N-dealkylation sites (N-methyl/N-ethyl adjacent to an activating group) is 1. The fourth-order valence-corrected chi connectivity index (χ4v) is 1.12. The Kier molecular flexibility index (Phi) is 4.58. The Morgan fingerprint density at radius 3 is 2.82 bits per heavy atom. The molecular formula is C9H15N5O3. The molecule has 1 aromatic heterocycles. The van der Waals surface area contributed by atoms with Crippen molar-refractivity contribution in [1.29, 1.82) is 0 Å². The van der Waals surface area contributed by atoms with Crippen molar-refractivity contribution >= 4 is 11.9 Å². The molecule has 94 valence electrons.